The smallest absolute Gasteiger partial charge is 0.176 e. The van der Waals surface area contributed by atoms with Crippen molar-refractivity contribution in [3.8, 4) is 16.9 Å². The van der Waals surface area contributed by atoms with Crippen molar-refractivity contribution in [2.45, 2.75) is 25.2 Å². The minimum atomic E-state index is -1.12. The van der Waals surface area contributed by atoms with E-state index in [1.807, 2.05) is 53.1 Å². The van der Waals surface area contributed by atoms with E-state index in [-0.39, 0.29) is 5.78 Å². The Morgan fingerprint density at radius 3 is 2.60 bits per heavy atom. The molecule has 0 spiro atoms. The van der Waals surface area contributed by atoms with Gasteiger partial charge < -0.3 is 9.14 Å². The Morgan fingerprint density at radius 1 is 1.16 bits per heavy atom. The third kappa shape index (κ3) is 3.37. The molecule has 0 saturated heterocycles. The second-order valence-corrected chi connectivity index (χ2v) is 7.26. The monoisotopic (exact) mass is 355 g/mol. The number of carbonyl (C=O) groups is 1. The van der Waals surface area contributed by atoms with Crippen molar-refractivity contribution in [3.05, 3.63) is 54.4 Å². The summed E-state index contributed by atoms with van der Waals surface area (Å²) in [7, 11) is -1.12. The topological polar surface area (TPSA) is 47.8 Å². The highest BCUT2D eigenvalue weighted by molar-refractivity contribution is 7.84. The van der Waals surface area contributed by atoms with Gasteiger partial charge in [-0.25, -0.2) is 0 Å². The number of carbonyl (C=O) groups excluding carboxylic acids is 1. The molecule has 0 aliphatic rings. The number of pyridine rings is 1. The molecule has 0 bridgehead atoms. The first-order chi connectivity index (χ1) is 12.0. The molecule has 2 heterocycles. The molecular weight excluding hydrogens is 334 g/mol. The van der Waals surface area contributed by atoms with Crippen LogP contribution in [-0.4, -0.2) is 27.3 Å². The van der Waals surface area contributed by atoms with Crippen LogP contribution >= 0.6 is 0 Å². The van der Waals surface area contributed by atoms with E-state index in [0.717, 1.165) is 33.7 Å². The van der Waals surface area contributed by atoms with Crippen LogP contribution in [0.15, 0.2) is 53.6 Å². The highest BCUT2D eigenvalue weighted by Crippen LogP contribution is 2.34. The predicted octanol–water partition coefficient (Wildman–Crippen LogP) is 4.34. The fourth-order valence-electron chi connectivity index (χ4n) is 2.91. The number of Topliss-reactive ketones (excluding diaryl/α,β-unsaturated/α-hetero) is 1. The van der Waals surface area contributed by atoms with Crippen molar-refractivity contribution in [2.24, 2.45) is 0 Å². The van der Waals surface area contributed by atoms with E-state index in [2.05, 4.69) is 6.92 Å². The molecule has 0 aliphatic heterocycles. The van der Waals surface area contributed by atoms with Gasteiger partial charge in [0.2, 0.25) is 0 Å². The minimum Gasteiger partial charge on any atom is -0.493 e. The van der Waals surface area contributed by atoms with Crippen molar-refractivity contribution in [2.75, 3.05) is 12.9 Å². The maximum absolute atomic E-state index is 12.1. The Morgan fingerprint density at radius 2 is 1.92 bits per heavy atom. The van der Waals surface area contributed by atoms with Crippen LogP contribution in [0.4, 0.5) is 0 Å². The molecule has 1 unspecified atom stereocenters. The van der Waals surface area contributed by atoms with Crippen LogP contribution < -0.4 is 4.74 Å². The average molecular weight is 355 g/mol. The molecule has 0 radical (unpaired) electrons. The number of ketones is 1. The number of hydrogen-bond donors (Lipinski definition) is 0. The Kier molecular flexibility index (Phi) is 5.04. The molecule has 2 aromatic heterocycles. The molecule has 5 heteroatoms. The first kappa shape index (κ1) is 17.4. The van der Waals surface area contributed by atoms with Crippen molar-refractivity contribution in [3.63, 3.8) is 0 Å². The Balaban J connectivity index is 2.27. The summed E-state index contributed by atoms with van der Waals surface area (Å²) in [6.07, 6.45) is 4.44. The number of fused-ring (bicyclic) bond motifs is 1. The molecule has 0 fully saturated rings. The van der Waals surface area contributed by atoms with Gasteiger partial charge in [0.15, 0.2) is 5.78 Å². The molecule has 4 nitrogen and oxygen atoms in total. The first-order valence-electron chi connectivity index (χ1n) is 8.24. The van der Waals surface area contributed by atoms with Crippen molar-refractivity contribution < 1.29 is 13.7 Å². The molecule has 0 amide bonds. The lowest BCUT2D eigenvalue weighted by atomic mass is 10.1. The van der Waals surface area contributed by atoms with E-state index in [1.165, 1.54) is 0 Å². The fourth-order valence-corrected chi connectivity index (χ4v) is 3.67. The lowest BCUT2D eigenvalue weighted by Gasteiger charge is -2.09. The number of nitrogens with zero attached hydrogens (tertiary/aromatic N) is 1. The zero-order valence-corrected chi connectivity index (χ0v) is 15.4. The fraction of sp³-hybridized carbons (Fsp3) is 0.250. The van der Waals surface area contributed by atoms with Crippen LogP contribution in [0.25, 0.3) is 16.6 Å². The predicted molar refractivity (Wildman–Crippen MR) is 101 cm³/mol. The lowest BCUT2D eigenvalue weighted by Crippen LogP contribution is -1.99. The third-order valence-electron chi connectivity index (χ3n) is 4.06. The van der Waals surface area contributed by atoms with E-state index in [0.29, 0.717) is 12.3 Å². The van der Waals surface area contributed by atoms with Crippen LogP contribution in [0, 0.1) is 0 Å². The number of aromatic nitrogens is 1. The van der Waals surface area contributed by atoms with Gasteiger partial charge in [0.05, 0.1) is 28.6 Å². The summed E-state index contributed by atoms with van der Waals surface area (Å²) in [6.45, 7) is 4.25. The van der Waals surface area contributed by atoms with Crippen molar-refractivity contribution in [1.82, 2.24) is 4.40 Å². The van der Waals surface area contributed by atoms with Gasteiger partial charge in [-0.1, -0.05) is 25.1 Å². The van der Waals surface area contributed by atoms with Crippen LogP contribution in [0.5, 0.6) is 5.75 Å². The van der Waals surface area contributed by atoms with E-state index in [9.17, 15) is 9.00 Å². The van der Waals surface area contributed by atoms with Gasteiger partial charge in [0.25, 0.3) is 0 Å². The summed E-state index contributed by atoms with van der Waals surface area (Å²) < 4.78 is 19.7. The maximum atomic E-state index is 12.1. The number of benzene rings is 1. The zero-order chi connectivity index (χ0) is 18.0. The second kappa shape index (κ2) is 7.23. The highest BCUT2D eigenvalue weighted by atomic mass is 32.2. The van der Waals surface area contributed by atoms with Gasteiger partial charge in [-0.3, -0.25) is 9.00 Å². The van der Waals surface area contributed by atoms with E-state index < -0.39 is 10.8 Å². The molecular formula is C20H21NO3S. The van der Waals surface area contributed by atoms with Gasteiger partial charge in [0.1, 0.15) is 5.75 Å². The summed E-state index contributed by atoms with van der Waals surface area (Å²) in [6, 6.07) is 13.3. The molecule has 130 valence electrons. The van der Waals surface area contributed by atoms with Gasteiger partial charge >= 0.3 is 0 Å². The quantitative estimate of drug-likeness (QED) is 0.618. The Bertz CT molecular complexity index is 959. The first-order valence-corrected chi connectivity index (χ1v) is 9.80. The average Bonchev–Trinajstić information content (AvgIpc) is 2.98. The normalized spacial score (nSPS) is 12.3. The lowest BCUT2D eigenvalue weighted by molar-refractivity contribution is 0.101. The molecule has 1 atom stereocenters. The molecule has 0 saturated carbocycles. The molecule has 25 heavy (non-hydrogen) atoms. The van der Waals surface area contributed by atoms with Crippen LogP contribution in [0.2, 0.25) is 0 Å². The van der Waals surface area contributed by atoms with Crippen molar-refractivity contribution in [1.29, 1.82) is 0 Å². The van der Waals surface area contributed by atoms with Gasteiger partial charge in [-0.2, -0.15) is 0 Å². The molecule has 3 aromatic rings. The minimum absolute atomic E-state index is 0.0152. The van der Waals surface area contributed by atoms with Crippen molar-refractivity contribution >= 4 is 22.1 Å². The van der Waals surface area contributed by atoms with Crippen LogP contribution in [0.1, 0.15) is 30.8 Å². The molecule has 0 N–H and O–H groups in total. The SMILES string of the molecule is CCCOc1ccn2c(C(C)=O)cc(-c3ccccc3S(C)=O)c2c1. The molecule has 1 aromatic carbocycles. The number of rotatable bonds is 6. The van der Waals surface area contributed by atoms with Gasteiger partial charge in [0, 0.05) is 35.9 Å². The highest BCUT2D eigenvalue weighted by Gasteiger charge is 2.17. The van der Waals surface area contributed by atoms with Gasteiger partial charge in [-0.05, 0) is 30.2 Å². The summed E-state index contributed by atoms with van der Waals surface area (Å²) in [5.74, 6) is 0.748. The third-order valence-corrected chi connectivity index (χ3v) is 5.04. The van der Waals surface area contributed by atoms with Crippen LogP contribution in [0.3, 0.4) is 0 Å². The summed E-state index contributed by atoms with van der Waals surface area (Å²) >= 11 is 0. The summed E-state index contributed by atoms with van der Waals surface area (Å²) in [4.78, 5) is 12.8. The zero-order valence-electron chi connectivity index (χ0n) is 14.6. The van der Waals surface area contributed by atoms with Crippen LogP contribution in [-0.2, 0) is 10.8 Å². The van der Waals surface area contributed by atoms with E-state index in [4.69, 9.17) is 4.74 Å². The standard InChI is InChI=1S/C20H21NO3S/c1-4-11-24-15-9-10-21-18(14(2)22)13-17(19(21)12-15)16-7-5-6-8-20(16)25(3)23/h5-10,12-13H,4,11H2,1-3H3. The largest absolute Gasteiger partial charge is 0.493 e. The second-order valence-electron chi connectivity index (χ2n) is 5.92. The van der Waals surface area contributed by atoms with E-state index >= 15 is 0 Å². The molecule has 3 rings (SSSR count). The maximum Gasteiger partial charge on any atom is 0.176 e. The summed E-state index contributed by atoms with van der Waals surface area (Å²) in [5.41, 5.74) is 3.24. The Labute approximate surface area is 149 Å². The van der Waals surface area contributed by atoms with E-state index in [1.54, 1.807) is 13.2 Å². The number of ether oxygens (including phenoxy) is 1. The Hall–Kier alpha value is -2.40. The number of hydrogen-bond acceptors (Lipinski definition) is 3. The van der Waals surface area contributed by atoms with Gasteiger partial charge in [-0.15, -0.1) is 0 Å². The molecule has 0 aliphatic carbocycles. The summed E-state index contributed by atoms with van der Waals surface area (Å²) in [5, 5.41) is 0.